The molecule has 5 nitrogen and oxygen atoms in total. The average molecular weight is 330 g/mol. The topological polar surface area (TPSA) is 63.5 Å². The van der Waals surface area contributed by atoms with E-state index < -0.39 is 0 Å². The predicted octanol–water partition coefficient (Wildman–Crippen LogP) is 2.80. The first-order chi connectivity index (χ1) is 11.6. The zero-order chi connectivity index (χ0) is 17.2. The highest BCUT2D eigenvalue weighted by Crippen LogP contribution is 2.30. The summed E-state index contributed by atoms with van der Waals surface area (Å²) in [6.07, 6.45) is 2.00. The molecular formula is C19H26N2O3. The molecule has 2 N–H and O–H groups in total. The highest BCUT2D eigenvalue weighted by atomic mass is 16.5. The van der Waals surface area contributed by atoms with Crippen LogP contribution in [0.4, 0.5) is 0 Å². The molecule has 1 aromatic carbocycles. The number of benzene rings is 1. The SMILES string of the molecule is COCC1(CNC(=O)c2oc3c(C)cccc3c2C)CCNCC1. The molecule has 24 heavy (non-hydrogen) atoms. The van der Waals surface area contributed by atoms with Gasteiger partial charge in [-0.2, -0.15) is 0 Å². The lowest BCUT2D eigenvalue weighted by atomic mass is 9.79. The fourth-order valence-electron chi connectivity index (χ4n) is 3.58. The maximum absolute atomic E-state index is 12.7. The van der Waals surface area contributed by atoms with E-state index in [9.17, 15) is 4.79 Å². The number of aryl methyl sites for hydroxylation is 2. The van der Waals surface area contributed by atoms with E-state index in [4.69, 9.17) is 9.15 Å². The quantitative estimate of drug-likeness (QED) is 0.885. The van der Waals surface area contributed by atoms with Gasteiger partial charge < -0.3 is 19.8 Å². The van der Waals surface area contributed by atoms with Crippen LogP contribution in [-0.2, 0) is 4.74 Å². The lowest BCUT2D eigenvalue weighted by Gasteiger charge is -2.37. The third-order valence-corrected chi connectivity index (χ3v) is 5.11. The number of furan rings is 1. The van der Waals surface area contributed by atoms with Gasteiger partial charge in [0.05, 0.1) is 6.61 Å². The van der Waals surface area contributed by atoms with Crippen LogP contribution < -0.4 is 10.6 Å². The summed E-state index contributed by atoms with van der Waals surface area (Å²) in [6, 6.07) is 5.98. The number of para-hydroxylation sites is 1. The van der Waals surface area contributed by atoms with Crippen molar-refractivity contribution in [3.05, 3.63) is 35.1 Å². The molecule has 0 aliphatic carbocycles. The van der Waals surface area contributed by atoms with Gasteiger partial charge in [0.25, 0.3) is 5.91 Å². The summed E-state index contributed by atoms with van der Waals surface area (Å²) in [5.41, 5.74) is 2.75. The molecule has 1 aromatic heterocycles. The highest BCUT2D eigenvalue weighted by molar-refractivity contribution is 5.99. The molecule has 1 saturated heterocycles. The standard InChI is InChI=1S/C19H26N2O3/c1-13-5-4-6-15-14(2)17(24-16(13)15)18(22)21-11-19(12-23-3)7-9-20-10-8-19/h4-6,20H,7-12H2,1-3H3,(H,21,22). The number of fused-ring (bicyclic) bond motifs is 1. The molecule has 5 heteroatoms. The molecule has 1 amide bonds. The zero-order valence-corrected chi connectivity index (χ0v) is 14.7. The van der Waals surface area contributed by atoms with Crippen molar-refractivity contribution in [3.63, 3.8) is 0 Å². The van der Waals surface area contributed by atoms with E-state index in [1.165, 1.54) is 0 Å². The second kappa shape index (κ2) is 6.95. The number of amides is 1. The fourth-order valence-corrected chi connectivity index (χ4v) is 3.58. The van der Waals surface area contributed by atoms with Crippen molar-refractivity contribution in [1.82, 2.24) is 10.6 Å². The largest absolute Gasteiger partial charge is 0.450 e. The number of carbonyl (C=O) groups is 1. The molecule has 3 rings (SSSR count). The summed E-state index contributed by atoms with van der Waals surface area (Å²) in [4.78, 5) is 12.7. The Kier molecular flexibility index (Phi) is 4.92. The summed E-state index contributed by atoms with van der Waals surface area (Å²) in [6.45, 7) is 7.12. The molecule has 0 spiro atoms. The Morgan fingerprint density at radius 1 is 1.33 bits per heavy atom. The number of hydrogen-bond donors (Lipinski definition) is 2. The minimum Gasteiger partial charge on any atom is -0.450 e. The van der Waals surface area contributed by atoms with Crippen molar-refractivity contribution in [3.8, 4) is 0 Å². The van der Waals surface area contributed by atoms with Crippen molar-refractivity contribution < 1.29 is 13.9 Å². The Morgan fingerprint density at radius 3 is 2.75 bits per heavy atom. The second-order valence-electron chi connectivity index (χ2n) is 6.87. The number of carbonyl (C=O) groups excluding carboxylic acids is 1. The Hall–Kier alpha value is -1.85. The minimum absolute atomic E-state index is 0.00545. The van der Waals surface area contributed by atoms with Gasteiger partial charge in [0.1, 0.15) is 5.58 Å². The van der Waals surface area contributed by atoms with Gasteiger partial charge in [-0.25, -0.2) is 0 Å². The van der Waals surface area contributed by atoms with Crippen molar-refractivity contribution in [2.45, 2.75) is 26.7 Å². The first-order valence-corrected chi connectivity index (χ1v) is 8.53. The molecule has 1 aliphatic heterocycles. The van der Waals surface area contributed by atoms with Gasteiger partial charge in [-0.1, -0.05) is 18.2 Å². The van der Waals surface area contributed by atoms with Gasteiger partial charge in [0.15, 0.2) is 5.76 Å². The van der Waals surface area contributed by atoms with E-state index in [-0.39, 0.29) is 11.3 Å². The van der Waals surface area contributed by atoms with E-state index in [1.54, 1.807) is 7.11 Å². The van der Waals surface area contributed by atoms with Gasteiger partial charge in [-0.05, 0) is 45.3 Å². The van der Waals surface area contributed by atoms with E-state index in [0.717, 1.165) is 48.0 Å². The maximum atomic E-state index is 12.7. The van der Waals surface area contributed by atoms with Crippen LogP contribution in [0, 0.1) is 19.3 Å². The maximum Gasteiger partial charge on any atom is 0.287 e. The predicted molar refractivity (Wildman–Crippen MR) is 94.4 cm³/mol. The monoisotopic (exact) mass is 330 g/mol. The molecule has 0 saturated carbocycles. The van der Waals surface area contributed by atoms with Gasteiger partial charge >= 0.3 is 0 Å². The lowest BCUT2D eigenvalue weighted by Crippen LogP contribution is -2.47. The first kappa shape index (κ1) is 17.0. The molecule has 130 valence electrons. The van der Waals surface area contributed by atoms with Crippen LogP contribution in [0.15, 0.2) is 22.6 Å². The minimum atomic E-state index is -0.142. The summed E-state index contributed by atoms with van der Waals surface area (Å²) in [7, 11) is 1.72. The molecule has 1 aliphatic rings. The summed E-state index contributed by atoms with van der Waals surface area (Å²) in [5.74, 6) is 0.276. The third-order valence-electron chi connectivity index (χ3n) is 5.11. The number of nitrogens with one attached hydrogen (secondary N) is 2. The zero-order valence-electron chi connectivity index (χ0n) is 14.7. The molecular weight excluding hydrogens is 304 g/mol. The van der Waals surface area contributed by atoms with Gasteiger partial charge in [-0.3, -0.25) is 4.79 Å². The van der Waals surface area contributed by atoms with Gasteiger partial charge in [-0.15, -0.1) is 0 Å². The smallest absolute Gasteiger partial charge is 0.287 e. The normalized spacial score (nSPS) is 17.1. The van der Waals surface area contributed by atoms with Crippen LogP contribution in [0.3, 0.4) is 0 Å². The van der Waals surface area contributed by atoms with Crippen LogP contribution in [0.5, 0.6) is 0 Å². The summed E-state index contributed by atoms with van der Waals surface area (Å²) >= 11 is 0. The van der Waals surface area contributed by atoms with Crippen molar-refractivity contribution in [2.24, 2.45) is 5.41 Å². The van der Waals surface area contributed by atoms with Crippen LogP contribution >= 0.6 is 0 Å². The first-order valence-electron chi connectivity index (χ1n) is 8.53. The van der Waals surface area contributed by atoms with E-state index in [0.29, 0.717) is 18.9 Å². The van der Waals surface area contributed by atoms with Crippen molar-refractivity contribution >= 4 is 16.9 Å². The van der Waals surface area contributed by atoms with Gasteiger partial charge in [0, 0.05) is 30.0 Å². The third kappa shape index (κ3) is 3.19. The van der Waals surface area contributed by atoms with Crippen molar-refractivity contribution in [1.29, 1.82) is 0 Å². The lowest BCUT2D eigenvalue weighted by molar-refractivity contribution is 0.0506. The molecule has 0 bridgehead atoms. The van der Waals surface area contributed by atoms with Crippen LogP contribution in [0.2, 0.25) is 0 Å². The Bertz CT molecular complexity index is 724. The van der Waals surface area contributed by atoms with Crippen LogP contribution in [0.25, 0.3) is 11.0 Å². The number of ether oxygens (including phenoxy) is 1. The van der Waals surface area contributed by atoms with Crippen molar-refractivity contribution in [2.75, 3.05) is 33.4 Å². The Balaban J connectivity index is 1.77. The Labute approximate surface area is 142 Å². The molecule has 2 aromatic rings. The van der Waals surface area contributed by atoms with Crippen LogP contribution in [0.1, 0.15) is 34.5 Å². The summed E-state index contributed by atoms with van der Waals surface area (Å²) < 4.78 is 11.3. The van der Waals surface area contributed by atoms with Crippen LogP contribution in [-0.4, -0.2) is 39.3 Å². The average Bonchev–Trinajstić information content (AvgIpc) is 2.93. The fraction of sp³-hybridized carbons (Fsp3) is 0.526. The van der Waals surface area contributed by atoms with E-state index in [2.05, 4.69) is 10.6 Å². The van der Waals surface area contributed by atoms with E-state index in [1.807, 2.05) is 32.0 Å². The number of rotatable bonds is 5. The number of methoxy groups -OCH3 is 1. The molecule has 2 heterocycles. The molecule has 0 unspecified atom stereocenters. The number of piperidine rings is 1. The molecule has 0 atom stereocenters. The number of hydrogen-bond acceptors (Lipinski definition) is 4. The van der Waals surface area contributed by atoms with Gasteiger partial charge in [0.2, 0.25) is 0 Å². The second-order valence-corrected chi connectivity index (χ2v) is 6.87. The molecule has 0 radical (unpaired) electrons. The Morgan fingerprint density at radius 2 is 2.08 bits per heavy atom. The van der Waals surface area contributed by atoms with E-state index >= 15 is 0 Å². The highest BCUT2D eigenvalue weighted by Gasteiger charge is 2.33. The summed E-state index contributed by atoms with van der Waals surface area (Å²) in [5, 5.41) is 7.45. The molecule has 1 fully saturated rings.